The van der Waals surface area contributed by atoms with Crippen LogP contribution in [0.5, 0.6) is 0 Å². The Morgan fingerprint density at radius 1 is 1.17 bits per heavy atom. The smallest absolute Gasteiger partial charge is 0.399 e. The molecule has 1 aliphatic rings. The van der Waals surface area contributed by atoms with Crippen LogP contribution in [0, 0.1) is 10.1 Å². The first kappa shape index (κ1) is 17.5. The molecular formula is C13H16BF3N2O4. The number of alkyl halides is 3. The summed E-state index contributed by atoms with van der Waals surface area (Å²) in [6.07, 6.45) is -4.75. The molecule has 0 atom stereocenters. The Morgan fingerprint density at radius 2 is 1.65 bits per heavy atom. The Labute approximate surface area is 131 Å². The molecule has 0 spiro atoms. The van der Waals surface area contributed by atoms with Crippen LogP contribution in [0.3, 0.4) is 0 Å². The van der Waals surface area contributed by atoms with E-state index in [1.807, 2.05) is 0 Å². The number of anilines is 1. The molecule has 0 radical (unpaired) electrons. The second-order valence-electron chi connectivity index (χ2n) is 6.34. The Kier molecular flexibility index (Phi) is 3.89. The van der Waals surface area contributed by atoms with E-state index >= 15 is 0 Å². The van der Waals surface area contributed by atoms with E-state index in [1.165, 1.54) is 0 Å². The lowest BCUT2D eigenvalue weighted by Gasteiger charge is -2.32. The van der Waals surface area contributed by atoms with Crippen LogP contribution in [0.2, 0.25) is 0 Å². The average molecular weight is 332 g/mol. The van der Waals surface area contributed by atoms with Crippen molar-refractivity contribution in [3.05, 3.63) is 27.8 Å². The maximum Gasteiger partial charge on any atom is 0.497 e. The van der Waals surface area contributed by atoms with E-state index in [0.29, 0.717) is 6.07 Å². The quantitative estimate of drug-likeness (QED) is 0.389. The van der Waals surface area contributed by atoms with Gasteiger partial charge in [0, 0.05) is 11.5 Å². The summed E-state index contributed by atoms with van der Waals surface area (Å²) in [5.74, 6) is 0. The first-order valence-electron chi connectivity index (χ1n) is 6.77. The molecule has 1 fully saturated rings. The summed E-state index contributed by atoms with van der Waals surface area (Å²) in [6.45, 7) is 6.85. The molecule has 0 aromatic heterocycles. The standard InChI is InChI=1S/C13H16BF3N2O4/c1-11(2)12(3,4)23-14(22-11)8-5-7(13(15,16)17)6-9(10(8)18)19(20)21/h5-6H,18H2,1-4H3. The third kappa shape index (κ3) is 3.00. The molecule has 2 N–H and O–H groups in total. The minimum atomic E-state index is -4.75. The second-order valence-corrected chi connectivity index (χ2v) is 6.34. The Bertz CT molecular complexity index is 645. The lowest BCUT2D eigenvalue weighted by atomic mass is 9.76. The first-order chi connectivity index (χ1) is 10.3. The van der Waals surface area contributed by atoms with Crippen molar-refractivity contribution in [2.24, 2.45) is 0 Å². The Hall–Kier alpha value is -1.81. The maximum absolute atomic E-state index is 13.0. The van der Waals surface area contributed by atoms with Crippen LogP contribution in [0.4, 0.5) is 24.5 Å². The number of halogens is 3. The van der Waals surface area contributed by atoms with E-state index < -0.39 is 46.4 Å². The van der Waals surface area contributed by atoms with E-state index in [4.69, 9.17) is 15.0 Å². The van der Waals surface area contributed by atoms with Crippen molar-refractivity contribution in [2.75, 3.05) is 5.73 Å². The van der Waals surface area contributed by atoms with Crippen molar-refractivity contribution in [1.29, 1.82) is 0 Å². The van der Waals surface area contributed by atoms with Crippen LogP contribution in [0.1, 0.15) is 33.3 Å². The van der Waals surface area contributed by atoms with Crippen molar-refractivity contribution in [3.63, 3.8) is 0 Å². The highest BCUT2D eigenvalue weighted by Gasteiger charge is 2.53. The van der Waals surface area contributed by atoms with Crippen molar-refractivity contribution in [2.45, 2.75) is 45.1 Å². The fraction of sp³-hybridized carbons (Fsp3) is 0.538. The zero-order chi connectivity index (χ0) is 17.8. The molecule has 23 heavy (non-hydrogen) atoms. The Morgan fingerprint density at radius 3 is 2.04 bits per heavy atom. The summed E-state index contributed by atoms with van der Waals surface area (Å²) in [4.78, 5) is 10.0. The summed E-state index contributed by atoms with van der Waals surface area (Å²) < 4.78 is 50.2. The van der Waals surface area contributed by atoms with Gasteiger partial charge in [0.2, 0.25) is 0 Å². The number of benzene rings is 1. The molecule has 1 aromatic rings. The van der Waals surface area contributed by atoms with E-state index in [9.17, 15) is 23.3 Å². The highest BCUT2D eigenvalue weighted by atomic mass is 19.4. The summed E-state index contributed by atoms with van der Waals surface area (Å²) >= 11 is 0. The highest BCUT2D eigenvalue weighted by Crippen LogP contribution is 2.39. The fourth-order valence-corrected chi connectivity index (χ4v) is 2.14. The number of nitrogen functional groups attached to an aromatic ring is 1. The van der Waals surface area contributed by atoms with Crippen molar-refractivity contribution >= 4 is 24.0 Å². The van der Waals surface area contributed by atoms with Gasteiger partial charge in [0.05, 0.1) is 21.7 Å². The van der Waals surface area contributed by atoms with Gasteiger partial charge in [0.1, 0.15) is 5.69 Å². The zero-order valence-corrected chi connectivity index (χ0v) is 13.0. The number of nitro groups is 1. The van der Waals surface area contributed by atoms with E-state index in [2.05, 4.69) is 0 Å². The Balaban J connectivity index is 2.59. The van der Waals surface area contributed by atoms with E-state index in [0.717, 1.165) is 6.07 Å². The highest BCUT2D eigenvalue weighted by molar-refractivity contribution is 6.64. The van der Waals surface area contributed by atoms with E-state index in [1.54, 1.807) is 27.7 Å². The fourth-order valence-electron chi connectivity index (χ4n) is 2.14. The number of rotatable bonds is 2. The third-order valence-electron chi connectivity index (χ3n) is 4.22. The number of nitrogens with zero attached hydrogens (tertiary/aromatic N) is 1. The van der Waals surface area contributed by atoms with Crippen LogP contribution < -0.4 is 11.2 Å². The molecule has 6 nitrogen and oxygen atoms in total. The van der Waals surface area contributed by atoms with Crippen LogP contribution >= 0.6 is 0 Å². The van der Waals surface area contributed by atoms with Crippen LogP contribution in [-0.2, 0) is 15.5 Å². The van der Waals surface area contributed by atoms with Gasteiger partial charge in [-0.05, 0) is 33.8 Å². The topological polar surface area (TPSA) is 87.6 Å². The van der Waals surface area contributed by atoms with Gasteiger partial charge in [0.15, 0.2) is 0 Å². The molecule has 2 rings (SSSR count). The molecule has 0 saturated carbocycles. The van der Waals surface area contributed by atoms with Crippen LogP contribution in [0.25, 0.3) is 0 Å². The molecule has 0 aliphatic carbocycles. The molecule has 1 aliphatic heterocycles. The zero-order valence-electron chi connectivity index (χ0n) is 13.0. The summed E-state index contributed by atoms with van der Waals surface area (Å²) in [5.41, 5.74) is 1.45. The summed E-state index contributed by atoms with van der Waals surface area (Å²) in [7, 11) is -1.22. The van der Waals surface area contributed by atoms with Crippen molar-refractivity contribution in [3.8, 4) is 0 Å². The van der Waals surface area contributed by atoms with Gasteiger partial charge in [-0.1, -0.05) is 0 Å². The van der Waals surface area contributed by atoms with Gasteiger partial charge in [0.25, 0.3) is 5.69 Å². The van der Waals surface area contributed by atoms with Gasteiger partial charge in [-0.3, -0.25) is 10.1 Å². The molecule has 0 bridgehead atoms. The number of hydrogen-bond donors (Lipinski definition) is 1. The molecule has 126 valence electrons. The van der Waals surface area contributed by atoms with Crippen molar-refractivity contribution in [1.82, 2.24) is 0 Å². The van der Waals surface area contributed by atoms with Gasteiger partial charge in [-0.2, -0.15) is 13.2 Å². The first-order valence-corrected chi connectivity index (χ1v) is 6.77. The largest absolute Gasteiger partial charge is 0.497 e. The second kappa shape index (κ2) is 5.10. The van der Waals surface area contributed by atoms with Crippen LogP contribution in [0.15, 0.2) is 12.1 Å². The van der Waals surface area contributed by atoms with Crippen LogP contribution in [-0.4, -0.2) is 23.2 Å². The molecular weight excluding hydrogens is 316 g/mol. The van der Waals surface area contributed by atoms with Crippen molar-refractivity contribution < 1.29 is 27.4 Å². The van der Waals surface area contributed by atoms with E-state index in [-0.39, 0.29) is 5.46 Å². The molecule has 1 aromatic carbocycles. The number of nitrogens with two attached hydrogens (primary N) is 1. The molecule has 0 amide bonds. The number of hydrogen-bond acceptors (Lipinski definition) is 5. The minimum Gasteiger partial charge on any atom is -0.399 e. The SMILES string of the molecule is CC1(C)OB(c2cc(C(F)(F)F)cc([N+](=O)[O-])c2N)OC1(C)C. The van der Waals surface area contributed by atoms with Gasteiger partial charge >= 0.3 is 13.3 Å². The third-order valence-corrected chi connectivity index (χ3v) is 4.22. The van der Waals surface area contributed by atoms with Gasteiger partial charge < -0.3 is 15.0 Å². The minimum absolute atomic E-state index is 0.204. The van der Waals surface area contributed by atoms with Gasteiger partial charge in [-0.25, -0.2) is 0 Å². The maximum atomic E-state index is 13.0. The summed E-state index contributed by atoms with van der Waals surface area (Å²) in [5, 5.41) is 11.0. The number of nitro benzene ring substituents is 1. The summed E-state index contributed by atoms with van der Waals surface area (Å²) in [6, 6.07) is 1.13. The monoisotopic (exact) mass is 332 g/mol. The molecule has 0 unspecified atom stereocenters. The lowest BCUT2D eigenvalue weighted by Crippen LogP contribution is -2.41. The molecule has 10 heteroatoms. The molecule has 1 heterocycles. The van der Waals surface area contributed by atoms with Gasteiger partial charge in [-0.15, -0.1) is 0 Å². The normalized spacial score (nSPS) is 19.9. The lowest BCUT2D eigenvalue weighted by molar-refractivity contribution is -0.384. The average Bonchev–Trinajstić information content (AvgIpc) is 2.56. The predicted octanol–water partition coefficient (Wildman–Crippen LogP) is 2.50. The predicted molar refractivity (Wildman–Crippen MR) is 78.2 cm³/mol. The molecule has 1 saturated heterocycles.